The molecule has 104 valence electrons. The fourth-order valence-electron chi connectivity index (χ4n) is 2.35. The number of hydrogen-bond acceptors (Lipinski definition) is 1. The van der Waals surface area contributed by atoms with Crippen molar-refractivity contribution in [1.82, 2.24) is 5.32 Å². The Labute approximate surface area is 122 Å². The Morgan fingerprint density at radius 1 is 0.895 bits per heavy atom. The number of hydrogen-bond donors (Lipinski definition) is 1. The summed E-state index contributed by atoms with van der Waals surface area (Å²) < 4.78 is 0. The quantitative estimate of drug-likeness (QED) is 0.708. The highest BCUT2D eigenvalue weighted by molar-refractivity contribution is 5.85. The maximum atomic E-state index is 3.55. The van der Waals surface area contributed by atoms with Crippen LogP contribution in [0.4, 0.5) is 0 Å². The maximum absolute atomic E-state index is 3.55. The molecule has 2 aromatic carbocycles. The second kappa shape index (κ2) is 8.95. The van der Waals surface area contributed by atoms with Crippen molar-refractivity contribution in [2.24, 2.45) is 0 Å². The van der Waals surface area contributed by atoms with Gasteiger partial charge in [0.05, 0.1) is 0 Å². The van der Waals surface area contributed by atoms with Crippen LogP contribution in [0.1, 0.15) is 38.2 Å². The summed E-state index contributed by atoms with van der Waals surface area (Å²) in [5.74, 6) is 0. The van der Waals surface area contributed by atoms with Crippen molar-refractivity contribution >= 4 is 23.2 Å². The standard InChI is InChI=1S/C17H23N.ClH/c1-2-3-4-7-13-18-14-16-11-8-10-15-9-5-6-12-17(15)16;/h5-6,8-12,18H,2-4,7,13-14H2,1H3;1H. The average Bonchev–Trinajstić information content (AvgIpc) is 2.43. The van der Waals surface area contributed by atoms with E-state index in [1.165, 1.54) is 42.0 Å². The third-order valence-electron chi connectivity index (χ3n) is 3.40. The van der Waals surface area contributed by atoms with Gasteiger partial charge in [-0.15, -0.1) is 12.4 Å². The highest BCUT2D eigenvalue weighted by Gasteiger charge is 1.99. The monoisotopic (exact) mass is 277 g/mol. The van der Waals surface area contributed by atoms with Crippen molar-refractivity contribution in [2.45, 2.75) is 39.2 Å². The highest BCUT2D eigenvalue weighted by Crippen LogP contribution is 2.18. The Balaban J connectivity index is 0.00000180. The number of unbranched alkanes of at least 4 members (excludes halogenated alkanes) is 3. The topological polar surface area (TPSA) is 12.0 Å². The van der Waals surface area contributed by atoms with Crippen LogP contribution in [0.5, 0.6) is 0 Å². The van der Waals surface area contributed by atoms with E-state index in [-0.39, 0.29) is 12.4 Å². The van der Waals surface area contributed by atoms with Crippen LogP contribution in [0.15, 0.2) is 42.5 Å². The average molecular weight is 278 g/mol. The number of rotatable bonds is 7. The van der Waals surface area contributed by atoms with Gasteiger partial charge in [0.25, 0.3) is 0 Å². The van der Waals surface area contributed by atoms with Crippen molar-refractivity contribution in [2.75, 3.05) is 6.54 Å². The zero-order chi connectivity index (χ0) is 12.6. The second-order valence-corrected chi connectivity index (χ2v) is 4.88. The molecule has 0 heterocycles. The number of nitrogens with one attached hydrogen (secondary N) is 1. The molecule has 0 amide bonds. The molecule has 0 aromatic heterocycles. The molecule has 0 bridgehead atoms. The van der Waals surface area contributed by atoms with Crippen LogP contribution in [-0.4, -0.2) is 6.54 Å². The van der Waals surface area contributed by atoms with E-state index in [0.717, 1.165) is 13.1 Å². The molecule has 2 heteroatoms. The molecule has 1 nitrogen and oxygen atoms in total. The zero-order valence-electron chi connectivity index (χ0n) is 11.7. The van der Waals surface area contributed by atoms with E-state index in [1.807, 2.05) is 0 Å². The summed E-state index contributed by atoms with van der Waals surface area (Å²) in [7, 11) is 0. The smallest absolute Gasteiger partial charge is 0.0211 e. The molecule has 0 aliphatic heterocycles. The van der Waals surface area contributed by atoms with Gasteiger partial charge in [-0.1, -0.05) is 68.7 Å². The summed E-state index contributed by atoms with van der Waals surface area (Å²) in [5.41, 5.74) is 1.41. The predicted octanol–water partition coefficient (Wildman–Crippen LogP) is 4.93. The Bertz CT molecular complexity index is 476. The molecular formula is C17H24ClN. The minimum absolute atomic E-state index is 0. The van der Waals surface area contributed by atoms with E-state index in [1.54, 1.807) is 0 Å². The summed E-state index contributed by atoms with van der Waals surface area (Å²) >= 11 is 0. The van der Waals surface area contributed by atoms with Crippen LogP contribution >= 0.6 is 12.4 Å². The number of fused-ring (bicyclic) bond motifs is 1. The van der Waals surface area contributed by atoms with Gasteiger partial charge in [0, 0.05) is 6.54 Å². The lowest BCUT2D eigenvalue weighted by Gasteiger charge is -2.08. The first kappa shape index (κ1) is 16.0. The third-order valence-corrected chi connectivity index (χ3v) is 3.40. The molecule has 0 saturated carbocycles. The summed E-state index contributed by atoms with van der Waals surface area (Å²) in [6, 6.07) is 15.2. The van der Waals surface area contributed by atoms with Crippen LogP contribution in [0, 0.1) is 0 Å². The molecule has 0 radical (unpaired) electrons. The Morgan fingerprint density at radius 2 is 1.68 bits per heavy atom. The molecule has 0 saturated heterocycles. The van der Waals surface area contributed by atoms with Gasteiger partial charge in [0.2, 0.25) is 0 Å². The second-order valence-electron chi connectivity index (χ2n) is 4.88. The van der Waals surface area contributed by atoms with E-state index in [0.29, 0.717) is 0 Å². The van der Waals surface area contributed by atoms with Crippen molar-refractivity contribution in [3.8, 4) is 0 Å². The lowest BCUT2D eigenvalue weighted by Crippen LogP contribution is -2.14. The molecule has 0 aliphatic carbocycles. The van der Waals surface area contributed by atoms with Crippen molar-refractivity contribution in [3.63, 3.8) is 0 Å². The van der Waals surface area contributed by atoms with Crippen LogP contribution < -0.4 is 5.32 Å². The van der Waals surface area contributed by atoms with Gasteiger partial charge in [0.1, 0.15) is 0 Å². The predicted molar refractivity (Wildman–Crippen MR) is 87.0 cm³/mol. The molecule has 1 N–H and O–H groups in total. The minimum atomic E-state index is 0. The Morgan fingerprint density at radius 3 is 2.53 bits per heavy atom. The normalized spacial score (nSPS) is 10.4. The third kappa shape index (κ3) is 4.85. The first-order valence-corrected chi connectivity index (χ1v) is 7.09. The van der Waals surface area contributed by atoms with Gasteiger partial charge < -0.3 is 5.32 Å². The lowest BCUT2D eigenvalue weighted by atomic mass is 10.0. The van der Waals surface area contributed by atoms with Gasteiger partial charge in [-0.25, -0.2) is 0 Å². The number of halogens is 1. The van der Waals surface area contributed by atoms with Gasteiger partial charge in [-0.3, -0.25) is 0 Å². The molecule has 2 aromatic rings. The zero-order valence-corrected chi connectivity index (χ0v) is 12.5. The van der Waals surface area contributed by atoms with Crippen LogP contribution in [0.25, 0.3) is 10.8 Å². The van der Waals surface area contributed by atoms with Gasteiger partial charge in [-0.2, -0.15) is 0 Å². The van der Waals surface area contributed by atoms with Crippen molar-refractivity contribution in [3.05, 3.63) is 48.0 Å². The van der Waals surface area contributed by atoms with E-state index < -0.39 is 0 Å². The molecule has 0 unspecified atom stereocenters. The Kier molecular flexibility index (Phi) is 7.54. The van der Waals surface area contributed by atoms with Crippen LogP contribution in [-0.2, 0) is 6.54 Å². The lowest BCUT2D eigenvalue weighted by molar-refractivity contribution is 0.599. The molecule has 0 aliphatic rings. The van der Waals surface area contributed by atoms with E-state index in [4.69, 9.17) is 0 Å². The molecule has 2 rings (SSSR count). The van der Waals surface area contributed by atoms with E-state index >= 15 is 0 Å². The SMILES string of the molecule is CCCCCCNCc1cccc2ccccc12.Cl. The summed E-state index contributed by atoms with van der Waals surface area (Å²) in [4.78, 5) is 0. The number of benzene rings is 2. The van der Waals surface area contributed by atoms with E-state index in [2.05, 4.69) is 54.7 Å². The summed E-state index contributed by atoms with van der Waals surface area (Å²) in [6.07, 6.45) is 5.30. The first-order valence-electron chi connectivity index (χ1n) is 7.09. The maximum Gasteiger partial charge on any atom is 0.0211 e. The van der Waals surface area contributed by atoms with Crippen LogP contribution in [0.3, 0.4) is 0 Å². The van der Waals surface area contributed by atoms with E-state index in [9.17, 15) is 0 Å². The molecule has 19 heavy (non-hydrogen) atoms. The Hall–Kier alpha value is -1.05. The molecule has 0 fully saturated rings. The van der Waals surface area contributed by atoms with Gasteiger partial charge >= 0.3 is 0 Å². The molecule has 0 atom stereocenters. The molecular weight excluding hydrogens is 254 g/mol. The summed E-state index contributed by atoms with van der Waals surface area (Å²) in [6.45, 7) is 4.36. The fourth-order valence-corrected chi connectivity index (χ4v) is 2.35. The summed E-state index contributed by atoms with van der Waals surface area (Å²) in [5, 5.41) is 6.26. The minimum Gasteiger partial charge on any atom is -0.313 e. The highest BCUT2D eigenvalue weighted by atomic mass is 35.5. The fraction of sp³-hybridized carbons (Fsp3) is 0.412. The van der Waals surface area contributed by atoms with Gasteiger partial charge in [-0.05, 0) is 29.3 Å². The van der Waals surface area contributed by atoms with Crippen molar-refractivity contribution in [1.29, 1.82) is 0 Å². The van der Waals surface area contributed by atoms with Crippen molar-refractivity contribution < 1.29 is 0 Å². The first-order chi connectivity index (χ1) is 8.92. The molecule has 0 spiro atoms. The van der Waals surface area contributed by atoms with Gasteiger partial charge in [0.15, 0.2) is 0 Å². The van der Waals surface area contributed by atoms with Crippen LogP contribution in [0.2, 0.25) is 0 Å². The largest absolute Gasteiger partial charge is 0.313 e.